The van der Waals surface area contributed by atoms with E-state index in [-0.39, 0.29) is 24.1 Å². The maximum atomic E-state index is 14.5. The van der Waals surface area contributed by atoms with E-state index in [9.17, 15) is 14.4 Å². The Morgan fingerprint density at radius 1 is 0.682 bits per heavy atom. The third-order valence-electron chi connectivity index (χ3n) is 9.94. The quantitative estimate of drug-likeness (QED) is 0.359. The van der Waals surface area contributed by atoms with Gasteiger partial charge in [-0.25, -0.2) is 0 Å². The van der Waals surface area contributed by atoms with Gasteiger partial charge in [-0.15, -0.1) is 0 Å². The maximum absolute atomic E-state index is 14.5. The molecule has 0 bridgehead atoms. The molecular formula is C37H44N4O3. The van der Waals surface area contributed by atoms with E-state index in [0.717, 1.165) is 55.5 Å². The van der Waals surface area contributed by atoms with Gasteiger partial charge in [-0.2, -0.15) is 0 Å². The van der Waals surface area contributed by atoms with E-state index in [0.29, 0.717) is 38.4 Å². The minimum Gasteiger partial charge on any atom is -0.354 e. The average molecular weight is 593 g/mol. The molecule has 7 nitrogen and oxygen atoms in total. The fourth-order valence-electron chi connectivity index (χ4n) is 7.57. The maximum Gasteiger partial charge on any atom is 0.246 e. The van der Waals surface area contributed by atoms with Crippen molar-refractivity contribution in [3.05, 3.63) is 108 Å². The van der Waals surface area contributed by atoms with E-state index >= 15 is 0 Å². The van der Waals surface area contributed by atoms with Crippen LogP contribution >= 0.6 is 0 Å². The van der Waals surface area contributed by atoms with Crippen molar-refractivity contribution in [3.8, 4) is 0 Å². The minimum atomic E-state index is -0.720. The molecule has 44 heavy (non-hydrogen) atoms. The fraction of sp³-hybridized carbons (Fsp3) is 0.432. The van der Waals surface area contributed by atoms with Gasteiger partial charge in [0.15, 0.2) is 0 Å². The number of nitrogens with zero attached hydrogens (tertiary/aromatic N) is 2. The van der Waals surface area contributed by atoms with Gasteiger partial charge in [0.05, 0.1) is 5.41 Å². The first-order valence-electron chi connectivity index (χ1n) is 16.3. The van der Waals surface area contributed by atoms with Gasteiger partial charge in [0.1, 0.15) is 12.1 Å². The molecular weight excluding hydrogens is 548 g/mol. The van der Waals surface area contributed by atoms with Crippen molar-refractivity contribution < 1.29 is 14.4 Å². The van der Waals surface area contributed by atoms with Gasteiger partial charge < -0.3 is 20.4 Å². The second-order valence-corrected chi connectivity index (χ2v) is 12.6. The largest absolute Gasteiger partial charge is 0.354 e. The number of carbonyl (C=O) groups excluding carboxylic acids is 3. The summed E-state index contributed by atoms with van der Waals surface area (Å²) in [6.07, 6.45) is 5.19. The van der Waals surface area contributed by atoms with Crippen LogP contribution in [0.5, 0.6) is 0 Å². The lowest BCUT2D eigenvalue weighted by Crippen LogP contribution is -2.54. The van der Waals surface area contributed by atoms with Crippen LogP contribution in [0.3, 0.4) is 0 Å². The van der Waals surface area contributed by atoms with Crippen LogP contribution in [0.1, 0.15) is 61.6 Å². The van der Waals surface area contributed by atoms with E-state index in [1.165, 1.54) is 0 Å². The van der Waals surface area contributed by atoms with Gasteiger partial charge in [-0.1, -0.05) is 91.0 Å². The van der Waals surface area contributed by atoms with Crippen molar-refractivity contribution in [3.63, 3.8) is 0 Å². The predicted octanol–water partition coefficient (Wildman–Crippen LogP) is 4.51. The molecule has 0 spiro atoms. The fourth-order valence-corrected chi connectivity index (χ4v) is 7.57. The summed E-state index contributed by atoms with van der Waals surface area (Å²) in [4.78, 5) is 45.4. The number of rotatable bonds is 9. The highest BCUT2D eigenvalue weighted by molar-refractivity contribution is 5.93. The molecule has 3 amide bonds. The summed E-state index contributed by atoms with van der Waals surface area (Å²) in [6, 6.07) is 29.7. The van der Waals surface area contributed by atoms with Crippen molar-refractivity contribution in [2.75, 3.05) is 32.7 Å². The molecule has 7 heteroatoms. The number of piperidine rings is 1. The Morgan fingerprint density at radius 2 is 1.18 bits per heavy atom. The number of benzene rings is 3. The van der Waals surface area contributed by atoms with Crippen LogP contribution < -0.4 is 10.6 Å². The molecule has 0 unspecified atom stereocenters. The van der Waals surface area contributed by atoms with Crippen LogP contribution in [0, 0.1) is 5.92 Å². The first-order valence-corrected chi connectivity index (χ1v) is 16.3. The standard InChI is InChI=1S/C37H44N4O3/c42-34(26-37(29-12-4-1-5-13-29,30-14-6-2-7-15-30)31-16-8-3-9-17-31)40-24-11-19-33(40)36(44)41-25-10-18-32(41)35(43)39-27-28-20-22-38-23-21-28/h1-9,12-17,28,32-33,38H,10-11,18-27H2,(H,39,43)/t32-,33+/m1/s1. The molecule has 2 atom stereocenters. The van der Waals surface area contributed by atoms with Crippen LogP contribution in [0.4, 0.5) is 0 Å². The molecule has 0 radical (unpaired) electrons. The Hall–Kier alpha value is -3.97. The molecule has 3 fully saturated rings. The zero-order valence-corrected chi connectivity index (χ0v) is 25.5. The SMILES string of the molecule is O=C(NCC1CCNCC1)[C@H]1CCCN1C(=O)[C@@H]1CCCN1C(=O)CC(c1ccccc1)(c1ccccc1)c1ccccc1. The molecule has 3 aliphatic heterocycles. The topological polar surface area (TPSA) is 81.8 Å². The summed E-state index contributed by atoms with van der Waals surface area (Å²) in [5.41, 5.74) is 2.40. The average Bonchev–Trinajstić information content (AvgIpc) is 3.79. The zero-order valence-electron chi connectivity index (χ0n) is 25.5. The number of hydrogen-bond donors (Lipinski definition) is 2. The van der Waals surface area contributed by atoms with E-state index in [4.69, 9.17) is 0 Å². The van der Waals surface area contributed by atoms with Crippen LogP contribution in [-0.4, -0.2) is 72.3 Å². The summed E-state index contributed by atoms with van der Waals surface area (Å²) in [7, 11) is 0. The third kappa shape index (κ3) is 6.16. The summed E-state index contributed by atoms with van der Waals surface area (Å²) in [6.45, 7) is 3.74. The summed E-state index contributed by atoms with van der Waals surface area (Å²) < 4.78 is 0. The van der Waals surface area contributed by atoms with Crippen LogP contribution in [0.2, 0.25) is 0 Å². The predicted molar refractivity (Wildman–Crippen MR) is 172 cm³/mol. The summed E-state index contributed by atoms with van der Waals surface area (Å²) >= 11 is 0. The number of likely N-dealkylation sites (tertiary alicyclic amines) is 2. The van der Waals surface area contributed by atoms with Crippen LogP contribution in [0.15, 0.2) is 91.0 Å². The van der Waals surface area contributed by atoms with E-state index in [1.807, 2.05) is 54.6 Å². The second-order valence-electron chi connectivity index (χ2n) is 12.6. The Kier molecular flexibility index (Phi) is 9.41. The molecule has 0 saturated carbocycles. The van der Waals surface area contributed by atoms with Gasteiger partial charge in [0, 0.05) is 26.1 Å². The van der Waals surface area contributed by atoms with Gasteiger partial charge in [-0.3, -0.25) is 14.4 Å². The molecule has 3 aromatic carbocycles. The molecule has 6 rings (SSSR count). The highest BCUT2D eigenvalue weighted by Gasteiger charge is 2.45. The van der Waals surface area contributed by atoms with Crippen LogP contribution in [-0.2, 0) is 19.8 Å². The molecule has 2 N–H and O–H groups in total. The third-order valence-corrected chi connectivity index (χ3v) is 9.94. The molecule has 0 aromatic heterocycles. The summed E-state index contributed by atoms with van der Waals surface area (Å²) in [5.74, 6) is 0.304. The molecule has 3 aromatic rings. The van der Waals surface area contributed by atoms with Crippen LogP contribution in [0.25, 0.3) is 0 Å². The minimum absolute atomic E-state index is 0.0384. The zero-order chi connectivity index (χ0) is 30.4. The monoisotopic (exact) mass is 592 g/mol. The van der Waals surface area contributed by atoms with Gasteiger partial charge in [0.25, 0.3) is 0 Å². The first kappa shape index (κ1) is 30.1. The normalized spacial score (nSPS) is 20.9. The second kappa shape index (κ2) is 13.8. The lowest BCUT2D eigenvalue weighted by Gasteiger charge is -2.38. The Balaban J connectivity index is 1.24. The van der Waals surface area contributed by atoms with Crippen molar-refractivity contribution in [1.29, 1.82) is 0 Å². The molecule has 3 aliphatic rings. The Bertz CT molecular complexity index is 1310. The van der Waals surface area contributed by atoms with E-state index in [2.05, 4.69) is 47.0 Å². The van der Waals surface area contributed by atoms with Crippen molar-refractivity contribution in [1.82, 2.24) is 20.4 Å². The van der Waals surface area contributed by atoms with Gasteiger partial charge in [0.2, 0.25) is 17.7 Å². The lowest BCUT2D eigenvalue weighted by atomic mass is 9.67. The van der Waals surface area contributed by atoms with Crippen molar-refractivity contribution in [2.24, 2.45) is 5.92 Å². The molecule has 0 aliphatic carbocycles. The van der Waals surface area contributed by atoms with Gasteiger partial charge in [-0.05, 0) is 74.2 Å². The Morgan fingerprint density at radius 3 is 1.73 bits per heavy atom. The highest BCUT2D eigenvalue weighted by atomic mass is 16.2. The highest BCUT2D eigenvalue weighted by Crippen LogP contribution is 2.43. The summed E-state index contributed by atoms with van der Waals surface area (Å²) in [5, 5.41) is 6.52. The molecule has 3 heterocycles. The van der Waals surface area contributed by atoms with E-state index < -0.39 is 17.5 Å². The number of hydrogen-bond acceptors (Lipinski definition) is 4. The number of amides is 3. The Labute approximate surface area is 261 Å². The van der Waals surface area contributed by atoms with Gasteiger partial charge >= 0.3 is 0 Å². The van der Waals surface area contributed by atoms with Crippen molar-refractivity contribution >= 4 is 17.7 Å². The molecule has 230 valence electrons. The smallest absolute Gasteiger partial charge is 0.246 e. The molecule has 3 saturated heterocycles. The lowest BCUT2D eigenvalue weighted by molar-refractivity contribution is -0.146. The van der Waals surface area contributed by atoms with Crippen molar-refractivity contribution in [2.45, 2.75) is 62.4 Å². The number of carbonyl (C=O) groups is 3. The first-order chi connectivity index (χ1) is 21.6. The number of nitrogens with one attached hydrogen (secondary N) is 2. The van der Waals surface area contributed by atoms with E-state index in [1.54, 1.807) is 9.80 Å².